The third-order valence-corrected chi connectivity index (χ3v) is 3.23. The van der Waals surface area contributed by atoms with Gasteiger partial charge in [-0.15, -0.1) is 0 Å². The number of carbonyl (C=O) groups is 1. The highest BCUT2D eigenvalue weighted by molar-refractivity contribution is 5.97. The van der Waals surface area contributed by atoms with Crippen molar-refractivity contribution in [1.82, 2.24) is 10.3 Å². The lowest BCUT2D eigenvalue weighted by Crippen LogP contribution is -2.35. The van der Waals surface area contributed by atoms with Gasteiger partial charge in [-0.05, 0) is 25.1 Å². The molecule has 15 heavy (non-hydrogen) atoms. The number of anilines is 1. The monoisotopic (exact) mass is 203 g/mol. The van der Waals surface area contributed by atoms with E-state index < -0.39 is 0 Å². The van der Waals surface area contributed by atoms with E-state index >= 15 is 0 Å². The van der Waals surface area contributed by atoms with Gasteiger partial charge >= 0.3 is 0 Å². The Morgan fingerprint density at radius 2 is 2.47 bits per heavy atom. The van der Waals surface area contributed by atoms with Crippen LogP contribution in [0.3, 0.4) is 0 Å². The van der Waals surface area contributed by atoms with Crippen molar-refractivity contribution in [3.05, 3.63) is 24.5 Å². The third-order valence-electron chi connectivity index (χ3n) is 3.23. The molecule has 1 aromatic heterocycles. The van der Waals surface area contributed by atoms with Crippen molar-refractivity contribution in [2.24, 2.45) is 0 Å². The standard InChI is InChI=1S/C11H13N3O/c15-11-6-9-10(3-5-13-9)14(11)8-2-1-4-12-7-8/h1-2,4,7,9-10,13H,3,5-6H2/t9-,10+/m1/s1. The van der Waals surface area contributed by atoms with E-state index in [0.717, 1.165) is 18.7 Å². The number of rotatable bonds is 1. The lowest BCUT2D eigenvalue weighted by Gasteiger charge is -2.22. The molecule has 0 unspecified atom stereocenters. The normalized spacial score (nSPS) is 29.6. The number of carbonyl (C=O) groups excluding carboxylic acids is 1. The topological polar surface area (TPSA) is 45.2 Å². The van der Waals surface area contributed by atoms with Gasteiger partial charge in [0.1, 0.15) is 0 Å². The van der Waals surface area contributed by atoms with Crippen LogP contribution >= 0.6 is 0 Å². The summed E-state index contributed by atoms with van der Waals surface area (Å²) in [4.78, 5) is 17.8. The molecular weight excluding hydrogens is 190 g/mol. The highest BCUT2D eigenvalue weighted by Gasteiger charge is 2.42. The summed E-state index contributed by atoms with van der Waals surface area (Å²) in [5.41, 5.74) is 0.929. The average Bonchev–Trinajstić information content (AvgIpc) is 2.78. The van der Waals surface area contributed by atoms with Crippen molar-refractivity contribution in [3.8, 4) is 0 Å². The van der Waals surface area contributed by atoms with Gasteiger partial charge in [-0.25, -0.2) is 0 Å². The number of nitrogens with one attached hydrogen (secondary N) is 1. The molecule has 1 aromatic rings. The molecule has 2 saturated heterocycles. The van der Waals surface area contributed by atoms with Crippen LogP contribution in [-0.4, -0.2) is 29.5 Å². The minimum Gasteiger partial charge on any atom is -0.311 e. The molecule has 2 atom stereocenters. The molecule has 2 aliphatic rings. The van der Waals surface area contributed by atoms with Crippen molar-refractivity contribution in [1.29, 1.82) is 0 Å². The number of aromatic nitrogens is 1. The van der Waals surface area contributed by atoms with Gasteiger partial charge in [0.25, 0.3) is 0 Å². The smallest absolute Gasteiger partial charge is 0.228 e. The van der Waals surface area contributed by atoms with Crippen LogP contribution in [-0.2, 0) is 4.79 Å². The van der Waals surface area contributed by atoms with Crippen molar-refractivity contribution >= 4 is 11.6 Å². The lowest BCUT2D eigenvalue weighted by atomic mass is 10.1. The molecule has 4 heteroatoms. The Labute approximate surface area is 88.3 Å². The summed E-state index contributed by atoms with van der Waals surface area (Å²) in [7, 11) is 0. The first-order valence-electron chi connectivity index (χ1n) is 5.32. The summed E-state index contributed by atoms with van der Waals surface area (Å²) < 4.78 is 0. The fourth-order valence-electron chi connectivity index (χ4n) is 2.57. The summed E-state index contributed by atoms with van der Waals surface area (Å²) in [6.45, 7) is 1.01. The fourth-order valence-corrected chi connectivity index (χ4v) is 2.57. The Hall–Kier alpha value is -1.42. The largest absolute Gasteiger partial charge is 0.311 e. The highest BCUT2D eigenvalue weighted by Crippen LogP contribution is 2.30. The Kier molecular flexibility index (Phi) is 1.95. The van der Waals surface area contributed by atoms with Gasteiger partial charge < -0.3 is 10.2 Å². The summed E-state index contributed by atoms with van der Waals surface area (Å²) in [5, 5.41) is 3.37. The van der Waals surface area contributed by atoms with E-state index in [4.69, 9.17) is 0 Å². The lowest BCUT2D eigenvalue weighted by molar-refractivity contribution is -0.117. The number of hydrogen-bond donors (Lipinski definition) is 1. The number of nitrogens with zero attached hydrogens (tertiary/aromatic N) is 2. The second-order valence-corrected chi connectivity index (χ2v) is 4.10. The van der Waals surface area contributed by atoms with Crippen LogP contribution in [0.5, 0.6) is 0 Å². The second-order valence-electron chi connectivity index (χ2n) is 4.10. The maximum Gasteiger partial charge on any atom is 0.228 e. The van der Waals surface area contributed by atoms with Crippen LogP contribution in [0.4, 0.5) is 5.69 Å². The summed E-state index contributed by atoms with van der Waals surface area (Å²) in [6.07, 6.45) is 5.16. The van der Waals surface area contributed by atoms with E-state index in [1.54, 1.807) is 12.4 Å². The molecule has 0 aliphatic carbocycles. The molecule has 3 rings (SSSR count). The van der Waals surface area contributed by atoms with Crippen molar-refractivity contribution in [2.75, 3.05) is 11.4 Å². The molecule has 2 aliphatic heterocycles. The summed E-state index contributed by atoms with van der Waals surface area (Å²) >= 11 is 0. The first-order chi connectivity index (χ1) is 7.36. The number of fused-ring (bicyclic) bond motifs is 1. The molecular formula is C11H13N3O. The Morgan fingerprint density at radius 3 is 3.27 bits per heavy atom. The van der Waals surface area contributed by atoms with Crippen LogP contribution in [0.15, 0.2) is 24.5 Å². The minimum absolute atomic E-state index is 0.213. The summed E-state index contributed by atoms with van der Waals surface area (Å²) in [6, 6.07) is 4.50. The van der Waals surface area contributed by atoms with Crippen LogP contribution in [0.1, 0.15) is 12.8 Å². The van der Waals surface area contributed by atoms with E-state index in [0.29, 0.717) is 18.5 Å². The first kappa shape index (κ1) is 8.85. The van der Waals surface area contributed by atoms with Crippen LogP contribution in [0, 0.1) is 0 Å². The van der Waals surface area contributed by atoms with Gasteiger partial charge in [-0.2, -0.15) is 0 Å². The quantitative estimate of drug-likeness (QED) is 0.725. The molecule has 0 bridgehead atoms. The maximum atomic E-state index is 11.8. The van der Waals surface area contributed by atoms with Gasteiger partial charge in [0.05, 0.1) is 17.9 Å². The zero-order chi connectivity index (χ0) is 10.3. The van der Waals surface area contributed by atoms with Crippen LogP contribution < -0.4 is 10.2 Å². The van der Waals surface area contributed by atoms with Crippen LogP contribution in [0.25, 0.3) is 0 Å². The first-order valence-corrected chi connectivity index (χ1v) is 5.32. The molecule has 4 nitrogen and oxygen atoms in total. The molecule has 1 N–H and O–H groups in total. The maximum absolute atomic E-state index is 11.8. The van der Waals surface area contributed by atoms with E-state index in [1.807, 2.05) is 17.0 Å². The second kappa shape index (κ2) is 3.31. The van der Waals surface area contributed by atoms with Crippen molar-refractivity contribution in [2.45, 2.75) is 24.9 Å². The number of amides is 1. The Balaban J connectivity index is 1.95. The molecule has 0 saturated carbocycles. The Morgan fingerprint density at radius 1 is 1.53 bits per heavy atom. The predicted molar refractivity (Wildman–Crippen MR) is 56.5 cm³/mol. The molecule has 0 aromatic carbocycles. The molecule has 3 heterocycles. The number of hydrogen-bond acceptors (Lipinski definition) is 3. The SMILES string of the molecule is O=C1C[C@H]2NCC[C@@H]2N1c1cccnc1. The molecule has 0 radical (unpaired) electrons. The molecule has 2 fully saturated rings. The highest BCUT2D eigenvalue weighted by atomic mass is 16.2. The van der Waals surface area contributed by atoms with Gasteiger partial charge in [0.15, 0.2) is 0 Å². The Bertz CT molecular complexity index is 379. The molecule has 78 valence electrons. The van der Waals surface area contributed by atoms with Crippen LogP contribution in [0.2, 0.25) is 0 Å². The molecule has 0 spiro atoms. The zero-order valence-electron chi connectivity index (χ0n) is 8.39. The van der Waals surface area contributed by atoms with E-state index in [9.17, 15) is 4.79 Å². The van der Waals surface area contributed by atoms with E-state index in [1.165, 1.54) is 0 Å². The fraction of sp³-hybridized carbons (Fsp3) is 0.455. The predicted octanol–water partition coefficient (Wildman–Crippen LogP) is 0.549. The minimum atomic E-state index is 0.213. The van der Waals surface area contributed by atoms with E-state index in [-0.39, 0.29) is 5.91 Å². The van der Waals surface area contributed by atoms with E-state index in [2.05, 4.69) is 10.3 Å². The molecule has 1 amide bonds. The van der Waals surface area contributed by atoms with Gasteiger partial charge in [-0.3, -0.25) is 9.78 Å². The van der Waals surface area contributed by atoms with Gasteiger partial charge in [0, 0.05) is 18.7 Å². The summed E-state index contributed by atoms with van der Waals surface area (Å²) in [5.74, 6) is 0.213. The van der Waals surface area contributed by atoms with Crippen molar-refractivity contribution in [3.63, 3.8) is 0 Å². The average molecular weight is 203 g/mol. The van der Waals surface area contributed by atoms with Gasteiger partial charge in [-0.1, -0.05) is 0 Å². The number of pyridine rings is 1. The third kappa shape index (κ3) is 1.33. The zero-order valence-corrected chi connectivity index (χ0v) is 8.39. The van der Waals surface area contributed by atoms with Crippen molar-refractivity contribution < 1.29 is 4.79 Å². The van der Waals surface area contributed by atoms with Gasteiger partial charge in [0.2, 0.25) is 5.91 Å².